The maximum absolute atomic E-state index is 13.7. The van der Waals surface area contributed by atoms with Crippen LogP contribution >= 0.6 is 0 Å². The number of carbonyl (C=O) groups is 1. The Balaban J connectivity index is 1.35. The van der Waals surface area contributed by atoms with Crippen molar-refractivity contribution in [3.8, 4) is 11.5 Å². The number of carbonyl (C=O) groups excluding carboxylic acids is 1. The van der Waals surface area contributed by atoms with Gasteiger partial charge in [0.2, 0.25) is 15.9 Å². The van der Waals surface area contributed by atoms with Crippen molar-refractivity contribution in [2.45, 2.75) is 4.90 Å². The minimum atomic E-state index is -3.77. The van der Waals surface area contributed by atoms with E-state index in [0.717, 1.165) is 12.1 Å². The Morgan fingerprint density at radius 2 is 1.62 bits per heavy atom. The van der Waals surface area contributed by atoms with E-state index >= 15 is 0 Å². The van der Waals surface area contributed by atoms with Gasteiger partial charge in [-0.1, -0.05) is 0 Å². The van der Waals surface area contributed by atoms with Crippen LogP contribution in [0.4, 0.5) is 18.9 Å². The van der Waals surface area contributed by atoms with Gasteiger partial charge < -0.3 is 14.8 Å². The largest absolute Gasteiger partial charge is 0.486 e. The molecule has 0 radical (unpaired) electrons. The first kappa shape index (κ1) is 22.4. The van der Waals surface area contributed by atoms with E-state index in [1.54, 1.807) is 11.0 Å². The fraction of sp³-hybridized carbons (Fsp3) is 0.350. The van der Waals surface area contributed by atoms with Crippen molar-refractivity contribution < 1.29 is 35.9 Å². The molecule has 32 heavy (non-hydrogen) atoms. The van der Waals surface area contributed by atoms with Gasteiger partial charge in [0.15, 0.2) is 29.0 Å². The molecule has 8 nitrogen and oxygen atoms in total. The number of halogens is 3. The summed E-state index contributed by atoms with van der Waals surface area (Å²) in [5.41, 5.74) is -0.464. The third-order valence-electron chi connectivity index (χ3n) is 5.16. The number of hydrogen-bond donors (Lipinski definition) is 1. The molecule has 2 heterocycles. The summed E-state index contributed by atoms with van der Waals surface area (Å²) in [6.45, 7) is 1.39. The molecular formula is C20H20F3N3O5S. The van der Waals surface area contributed by atoms with E-state index in [1.165, 1.54) is 16.4 Å². The standard InChI is InChI=1S/C20H20F3N3O5S/c21-14-2-3-15(20(23)19(14)22)24-18(27)12-25-5-7-26(8-6-25)32(28,29)13-1-4-16-17(11-13)31-10-9-30-16/h1-4,11H,5-10,12H2,(H,24,27). The molecule has 0 aromatic heterocycles. The van der Waals surface area contributed by atoms with Crippen molar-refractivity contribution in [1.29, 1.82) is 0 Å². The molecule has 2 aliphatic rings. The van der Waals surface area contributed by atoms with E-state index in [0.29, 0.717) is 24.7 Å². The highest BCUT2D eigenvalue weighted by atomic mass is 32.2. The van der Waals surface area contributed by atoms with Crippen LogP contribution in [0, 0.1) is 17.5 Å². The Labute approximate surface area is 182 Å². The maximum atomic E-state index is 13.7. The minimum Gasteiger partial charge on any atom is -0.486 e. The molecule has 1 amide bonds. The zero-order valence-corrected chi connectivity index (χ0v) is 17.6. The molecule has 0 aliphatic carbocycles. The first-order valence-electron chi connectivity index (χ1n) is 9.81. The van der Waals surface area contributed by atoms with Crippen molar-refractivity contribution >= 4 is 21.6 Å². The summed E-state index contributed by atoms with van der Waals surface area (Å²) in [7, 11) is -3.77. The number of piperazine rings is 1. The number of anilines is 1. The van der Waals surface area contributed by atoms with E-state index in [2.05, 4.69) is 5.32 Å². The molecule has 172 valence electrons. The molecule has 2 aliphatic heterocycles. The summed E-state index contributed by atoms with van der Waals surface area (Å²) in [5, 5.41) is 2.20. The lowest BCUT2D eigenvalue weighted by Gasteiger charge is -2.33. The fourth-order valence-electron chi connectivity index (χ4n) is 3.48. The molecule has 0 unspecified atom stereocenters. The number of nitrogens with one attached hydrogen (secondary N) is 1. The predicted molar refractivity (Wildman–Crippen MR) is 108 cm³/mol. The first-order chi connectivity index (χ1) is 15.3. The van der Waals surface area contributed by atoms with Crippen molar-refractivity contribution in [3.05, 3.63) is 47.8 Å². The highest BCUT2D eigenvalue weighted by Crippen LogP contribution is 2.33. The van der Waals surface area contributed by atoms with Crippen LogP contribution in [0.15, 0.2) is 35.2 Å². The first-order valence-corrected chi connectivity index (χ1v) is 11.3. The highest BCUT2D eigenvalue weighted by Gasteiger charge is 2.30. The number of hydrogen-bond acceptors (Lipinski definition) is 6. The second-order valence-electron chi connectivity index (χ2n) is 7.26. The molecule has 2 aromatic carbocycles. The molecule has 1 fully saturated rings. The van der Waals surface area contributed by atoms with Crippen molar-refractivity contribution in [2.24, 2.45) is 0 Å². The normalized spacial score (nSPS) is 17.2. The quantitative estimate of drug-likeness (QED) is 0.670. The van der Waals surface area contributed by atoms with Crippen LogP contribution in [-0.4, -0.2) is 69.5 Å². The SMILES string of the molecule is O=C(CN1CCN(S(=O)(=O)c2ccc3c(c2)OCCO3)CC1)Nc1ccc(F)c(F)c1F. The summed E-state index contributed by atoms with van der Waals surface area (Å²) in [6, 6.07) is 6.09. The molecule has 0 saturated carbocycles. The van der Waals surface area contributed by atoms with Crippen LogP contribution in [-0.2, 0) is 14.8 Å². The highest BCUT2D eigenvalue weighted by molar-refractivity contribution is 7.89. The predicted octanol–water partition coefficient (Wildman–Crippen LogP) is 1.82. The smallest absolute Gasteiger partial charge is 0.243 e. The molecule has 1 saturated heterocycles. The summed E-state index contributed by atoms with van der Waals surface area (Å²) >= 11 is 0. The number of ether oxygens (including phenoxy) is 2. The van der Waals surface area contributed by atoms with Crippen LogP contribution in [0.1, 0.15) is 0 Å². The molecule has 2 aromatic rings. The topological polar surface area (TPSA) is 88.2 Å². The molecule has 0 bridgehead atoms. The van der Waals surface area contributed by atoms with Crippen LogP contribution in [0.3, 0.4) is 0 Å². The van der Waals surface area contributed by atoms with Crippen molar-refractivity contribution in [2.75, 3.05) is 51.3 Å². The number of rotatable bonds is 5. The van der Waals surface area contributed by atoms with Crippen LogP contribution in [0.2, 0.25) is 0 Å². The van der Waals surface area contributed by atoms with Gasteiger partial charge in [0.05, 0.1) is 17.1 Å². The van der Waals surface area contributed by atoms with Gasteiger partial charge in [-0.15, -0.1) is 0 Å². The summed E-state index contributed by atoms with van der Waals surface area (Å²) in [6.07, 6.45) is 0. The Kier molecular flexibility index (Phi) is 6.26. The second kappa shape index (κ2) is 8.96. The van der Waals surface area contributed by atoms with Crippen LogP contribution < -0.4 is 14.8 Å². The van der Waals surface area contributed by atoms with Crippen molar-refractivity contribution in [1.82, 2.24) is 9.21 Å². The van der Waals surface area contributed by atoms with Gasteiger partial charge in [-0.3, -0.25) is 9.69 Å². The third-order valence-corrected chi connectivity index (χ3v) is 7.05. The van der Waals surface area contributed by atoms with E-state index in [1.807, 2.05) is 0 Å². The van der Waals surface area contributed by atoms with Gasteiger partial charge in [-0.25, -0.2) is 21.6 Å². The Morgan fingerprint density at radius 1 is 0.938 bits per heavy atom. The zero-order valence-electron chi connectivity index (χ0n) is 16.8. The number of sulfonamides is 1. The van der Waals surface area contributed by atoms with Gasteiger partial charge in [0.25, 0.3) is 0 Å². The monoisotopic (exact) mass is 471 g/mol. The average molecular weight is 471 g/mol. The van der Waals surface area contributed by atoms with Gasteiger partial charge in [0.1, 0.15) is 13.2 Å². The molecule has 0 atom stereocenters. The fourth-order valence-corrected chi connectivity index (χ4v) is 4.91. The number of amides is 1. The molecular weight excluding hydrogens is 451 g/mol. The average Bonchev–Trinajstić information content (AvgIpc) is 2.79. The minimum absolute atomic E-state index is 0.0850. The Bertz CT molecular complexity index is 1140. The van der Waals surface area contributed by atoms with E-state index in [-0.39, 0.29) is 37.6 Å². The van der Waals surface area contributed by atoms with Crippen molar-refractivity contribution in [3.63, 3.8) is 0 Å². The number of benzene rings is 2. The van der Waals surface area contributed by atoms with E-state index < -0.39 is 39.1 Å². The maximum Gasteiger partial charge on any atom is 0.243 e. The lowest BCUT2D eigenvalue weighted by Crippen LogP contribution is -2.50. The van der Waals surface area contributed by atoms with Gasteiger partial charge in [-0.05, 0) is 24.3 Å². The number of nitrogens with zero attached hydrogens (tertiary/aromatic N) is 2. The zero-order chi connectivity index (χ0) is 22.9. The van der Waals surface area contributed by atoms with Crippen LogP contribution in [0.25, 0.3) is 0 Å². The number of fused-ring (bicyclic) bond motifs is 1. The third kappa shape index (κ3) is 4.52. The summed E-state index contributed by atoms with van der Waals surface area (Å²) in [5.74, 6) is -4.26. The van der Waals surface area contributed by atoms with E-state index in [4.69, 9.17) is 9.47 Å². The lowest BCUT2D eigenvalue weighted by molar-refractivity contribution is -0.117. The Hall–Kier alpha value is -2.83. The van der Waals surface area contributed by atoms with Gasteiger partial charge in [0, 0.05) is 32.2 Å². The lowest BCUT2D eigenvalue weighted by atomic mass is 10.2. The summed E-state index contributed by atoms with van der Waals surface area (Å²) in [4.78, 5) is 13.9. The second-order valence-corrected chi connectivity index (χ2v) is 9.19. The molecule has 12 heteroatoms. The van der Waals surface area contributed by atoms with E-state index in [9.17, 15) is 26.4 Å². The Morgan fingerprint density at radius 3 is 2.34 bits per heavy atom. The molecule has 1 N–H and O–H groups in total. The van der Waals surface area contributed by atoms with Crippen LogP contribution in [0.5, 0.6) is 11.5 Å². The summed E-state index contributed by atoms with van der Waals surface area (Å²) < 4.78 is 78.1. The molecule has 0 spiro atoms. The van der Waals surface area contributed by atoms with Gasteiger partial charge in [-0.2, -0.15) is 4.31 Å². The molecule has 4 rings (SSSR count). The van der Waals surface area contributed by atoms with Gasteiger partial charge >= 0.3 is 0 Å².